The van der Waals surface area contributed by atoms with Crippen LogP contribution in [-0.4, -0.2) is 32.9 Å². The smallest absolute Gasteiger partial charge is 0.107 e. The number of allylic oxidation sites excluding steroid dienone is 6. The van der Waals surface area contributed by atoms with Gasteiger partial charge in [0.1, 0.15) is 12.2 Å². The van der Waals surface area contributed by atoms with Crippen molar-refractivity contribution in [3.8, 4) is 0 Å². The molecule has 11 aliphatic rings. The highest BCUT2D eigenvalue weighted by atomic mass is 32.2. The maximum atomic E-state index is 13.3. The molecule has 0 amide bonds. The van der Waals surface area contributed by atoms with Gasteiger partial charge < -0.3 is 10.2 Å². The first kappa shape index (κ1) is 60.0. The highest BCUT2D eigenvalue weighted by Gasteiger charge is 2.62. The van der Waals surface area contributed by atoms with E-state index < -0.39 is 12.2 Å². The molecule has 22 atom stereocenters. The third-order valence-electron chi connectivity index (χ3n) is 28.8. The van der Waals surface area contributed by atoms with E-state index in [2.05, 4.69) is 121 Å². The molecule has 0 saturated heterocycles. The molecular formula is C75H120O2S2. The van der Waals surface area contributed by atoms with Gasteiger partial charge in [0.25, 0.3) is 0 Å². The first-order valence-electron chi connectivity index (χ1n) is 34.6. The van der Waals surface area contributed by atoms with Crippen LogP contribution in [0.15, 0.2) is 56.4 Å². The molecule has 79 heavy (non-hydrogen) atoms. The predicted molar refractivity (Wildman–Crippen MR) is 342 cm³/mol. The Morgan fingerprint density at radius 3 is 1.54 bits per heavy atom. The summed E-state index contributed by atoms with van der Waals surface area (Å²) in [5.41, 5.74) is 8.19. The first-order valence-corrected chi connectivity index (χ1v) is 36.4. The molecule has 0 aromatic carbocycles. The second-order valence-electron chi connectivity index (χ2n) is 33.4. The molecule has 7 fully saturated rings. The van der Waals surface area contributed by atoms with Gasteiger partial charge in [-0.05, 0) is 269 Å². The molecule has 2 nitrogen and oxygen atoms in total. The Balaban J connectivity index is 0.826. The van der Waals surface area contributed by atoms with Crippen molar-refractivity contribution in [3.05, 3.63) is 56.4 Å². The standard InChI is InChI=1S/C75H120O2S2/c1-46(2)18-15-20-48(5)59-28-30-61-57-26-24-53-43-55(33-38-71(53,10)63(57)35-40-73(59,61)12)78-68-65(76)42-52(45-75(14)51(8)32-37-70(9)50(7)22-17-23-66(70)75)67(77)69(68)79-56-34-39-72(11)54(44-56)25-27-58-62-31-29-60(49(6)21-16-19-47(3)4)74(62,13)41-36-64(58)72/h22,24-25,42,46-49,51,55-67,76-77H,15-21,23,26-41,43-45H2,1-14H3/t48-,49-,51+,55+,56+,57+,58+,59-,60-,61+,62+,63+,64+,65?,66-,67?,70-,71+,72+,73-,74-,75-/m1/s1. The molecule has 444 valence electrons. The number of aliphatic hydroxyl groups is 2. The third-order valence-corrected chi connectivity index (χ3v) is 31.8. The first-order chi connectivity index (χ1) is 37.4. The summed E-state index contributed by atoms with van der Waals surface area (Å²) in [6.07, 6.45) is 44.8. The van der Waals surface area contributed by atoms with E-state index in [-0.39, 0.29) is 10.8 Å². The summed E-state index contributed by atoms with van der Waals surface area (Å²) in [5.74, 6) is 11.5. The summed E-state index contributed by atoms with van der Waals surface area (Å²) < 4.78 is 0. The van der Waals surface area contributed by atoms with Gasteiger partial charge in [-0.3, -0.25) is 0 Å². The molecule has 0 aliphatic heterocycles. The van der Waals surface area contributed by atoms with E-state index >= 15 is 0 Å². The Morgan fingerprint density at radius 2 is 1.04 bits per heavy atom. The van der Waals surface area contributed by atoms with Gasteiger partial charge >= 0.3 is 0 Å². The molecule has 2 unspecified atom stereocenters. The minimum Gasteiger partial charge on any atom is -0.384 e. The maximum Gasteiger partial charge on any atom is 0.107 e. The number of hydrogen-bond donors (Lipinski definition) is 2. The number of thioether (sulfide) groups is 2. The summed E-state index contributed by atoms with van der Waals surface area (Å²) in [7, 11) is 0. The van der Waals surface area contributed by atoms with E-state index in [4.69, 9.17) is 0 Å². The topological polar surface area (TPSA) is 40.5 Å². The largest absolute Gasteiger partial charge is 0.384 e. The van der Waals surface area contributed by atoms with Crippen LogP contribution in [-0.2, 0) is 0 Å². The van der Waals surface area contributed by atoms with Crippen LogP contribution in [0, 0.1) is 115 Å². The van der Waals surface area contributed by atoms with E-state index in [9.17, 15) is 10.2 Å². The van der Waals surface area contributed by atoms with Crippen molar-refractivity contribution in [2.45, 2.75) is 293 Å². The molecule has 0 heterocycles. The predicted octanol–water partition coefficient (Wildman–Crippen LogP) is 21.3. The Labute approximate surface area is 495 Å². The number of hydrogen-bond acceptors (Lipinski definition) is 4. The van der Waals surface area contributed by atoms with Crippen LogP contribution in [0.25, 0.3) is 0 Å². The normalized spacial score (nSPS) is 47.4. The summed E-state index contributed by atoms with van der Waals surface area (Å²) in [5, 5.41) is 27.0. The lowest BCUT2D eigenvalue weighted by atomic mass is 9.46. The molecule has 11 aliphatic carbocycles. The van der Waals surface area contributed by atoms with Crippen molar-refractivity contribution in [1.29, 1.82) is 0 Å². The molecular weight excluding hydrogens is 997 g/mol. The summed E-state index contributed by atoms with van der Waals surface area (Å²) >= 11 is 4.06. The van der Waals surface area contributed by atoms with Crippen LogP contribution in [0.4, 0.5) is 0 Å². The summed E-state index contributed by atoms with van der Waals surface area (Å²) in [6, 6.07) is 0. The van der Waals surface area contributed by atoms with Crippen molar-refractivity contribution in [1.82, 2.24) is 0 Å². The Kier molecular flexibility index (Phi) is 17.4. The number of aliphatic hydroxyl groups excluding tert-OH is 2. The molecule has 0 bridgehead atoms. The molecule has 0 spiro atoms. The molecule has 2 N–H and O–H groups in total. The van der Waals surface area contributed by atoms with Gasteiger partial charge in [-0.25, -0.2) is 0 Å². The van der Waals surface area contributed by atoms with E-state index in [0.717, 1.165) is 106 Å². The Bertz CT molecular complexity index is 2370. The SMILES string of the molecule is CC1=CCC[C@H]2[C@](C)(CC3=CC(O)C(S[C@H]4CC[C@@]5(C)C(=CC[C@H]6[C@@H]7CC[C@H]([C@H](C)CCCC(C)C)[C@@]7(C)CC[C@@H]65)C4)=C(S[C@H]4CC[C@@]5(C)C(=CC[C@H]6[C@@H]7CC[C@H]([C@H](C)CCCC(C)C)[C@@]7(C)CC[C@@H]65)C4)C3O)[C@@H](C)CC[C@]12C. The molecule has 0 radical (unpaired) electrons. The van der Waals surface area contributed by atoms with Gasteiger partial charge in [0.2, 0.25) is 0 Å². The molecule has 0 aromatic heterocycles. The van der Waals surface area contributed by atoms with Crippen molar-refractivity contribution in [2.24, 2.45) is 115 Å². The van der Waals surface area contributed by atoms with Gasteiger partial charge in [0.15, 0.2) is 0 Å². The van der Waals surface area contributed by atoms with Gasteiger partial charge in [-0.1, -0.05) is 163 Å². The minimum atomic E-state index is -0.641. The minimum absolute atomic E-state index is 0.0770. The van der Waals surface area contributed by atoms with Crippen molar-refractivity contribution < 1.29 is 10.2 Å². The fourth-order valence-corrected chi connectivity index (χ4v) is 26.7. The monoisotopic (exact) mass is 1120 g/mol. The van der Waals surface area contributed by atoms with Crippen molar-refractivity contribution in [3.63, 3.8) is 0 Å². The fourth-order valence-electron chi connectivity index (χ4n) is 23.7. The molecule has 11 rings (SSSR count). The van der Waals surface area contributed by atoms with Crippen LogP contribution in [0.5, 0.6) is 0 Å². The maximum absolute atomic E-state index is 13.3. The molecule has 4 heteroatoms. The average Bonchev–Trinajstić information content (AvgIpc) is 3.99. The summed E-state index contributed by atoms with van der Waals surface area (Å²) in [4.78, 5) is 2.26. The van der Waals surface area contributed by atoms with E-state index in [1.54, 1.807) is 16.7 Å². The third kappa shape index (κ3) is 10.5. The zero-order valence-electron chi connectivity index (χ0n) is 53.5. The zero-order chi connectivity index (χ0) is 56.2. The average molecular weight is 1120 g/mol. The highest BCUT2D eigenvalue weighted by molar-refractivity contribution is 8.07. The quantitative estimate of drug-likeness (QED) is 0.151. The number of fused-ring (bicyclic) bond motifs is 11. The Morgan fingerprint density at radius 1 is 0.544 bits per heavy atom. The van der Waals surface area contributed by atoms with Crippen LogP contribution < -0.4 is 0 Å². The van der Waals surface area contributed by atoms with Gasteiger partial charge in [0.05, 0.1) is 0 Å². The van der Waals surface area contributed by atoms with E-state index in [1.807, 2.05) is 23.5 Å². The van der Waals surface area contributed by atoms with Crippen molar-refractivity contribution >= 4 is 23.5 Å². The molecule has 7 saturated carbocycles. The lowest BCUT2D eigenvalue weighted by molar-refractivity contribution is -0.0498. The van der Waals surface area contributed by atoms with Gasteiger partial charge in [-0.2, -0.15) is 0 Å². The lowest BCUT2D eigenvalue weighted by Gasteiger charge is -2.59. The second kappa shape index (κ2) is 22.9. The second-order valence-corrected chi connectivity index (χ2v) is 36.1. The zero-order valence-corrected chi connectivity index (χ0v) is 55.1. The van der Waals surface area contributed by atoms with Crippen molar-refractivity contribution in [2.75, 3.05) is 0 Å². The Hall–Kier alpha value is -0.680. The fraction of sp³-hybridized carbons (Fsp3) is 0.867. The highest BCUT2D eigenvalue weighted by Crippen LogP contribution is 2.71. The van der Waals surface area contributed by atoms with Crippen LogP contribution in [0.3, 0.4) is 0 Å². The van der Waals surface area contributed by atoms with Crippen LogP contribution in [0.1, 0.15) is 270 Å². The lowest BCUT2D eigenvalue weighted by Crippen LogP contribution is -2.51. The summed E-state index contributed by atoms with van der Waals surface area (Å²) in [6.45, 7) is 35.9. The van der Waals surface area contributed by atoms with E-state index in [0.29, 0.717) is 44.0 Å². The van der Waals surface area contributed by atoms with Crippen LogP contribution >= 0.6 is 23.5 Å². The van der Waals surface area contributed by atoms with Crippen LogP contribution in [0.2, 0.25) is 0 Å². The van der Waals surface area contributed by atoms with E-state index in [1.165, 1.54) is 154 Å². The number of rotatable bonds is 16. The molecule has 0 aromatic rings. The van der Waals surface area contributed by atoms with Gasteiger partial charge in [0, 0.05) is 20.3 Å². The van der Waals surface area contributed by atoms with Gasteiger partial charge in [-0.15, -0.1) is 23.5 Å².